The zero-order valence-corrected chi connectivity index (χ0v) is 17.9. The topological polar surface area (TPSA) is 63.5 Å². The van der Waals surface area contributed by atoms with Gasteiger partial charge in [0.25, 0.3) is 0 Å². The van der Waals surface area contributed by atoms with Crippen LogP contribution in [-0.2, 0) is 16.1 Å². The predicted molar refractivity (Wildman–Crippen MR) is 112 cm³/mol. The van der Waals surface area contributed by atoms with Crippen molar-refractivity contribution >= 4 is 29.0 Å². The van der Waals surface area contributed by atoms with Crippen LogP contribution in [0.15, 0.2) is 22.7 Å². The maximum absolute atomic E-state index is 12.7. The third-order valence-electron chi connectivity index (χ3n) is 5.31. The monoisotopic (exact) mass is 421 g/mol. The number of aromatic nitrogens is 3. The first kappa shape index (κ1) is 19.9. The Bertz CT molecular complexity index is 765. The average Bonchev–Trinajstić information content (AvgIpc) is 3.47. The number of amides is 1. The maximum Gasteiger partial charge on any atom is 0.233 e. The van der Waals surface area contributed by atoms with Crippen LogP contribution in [0.25, 0.3) is 10.7 Å². The van der Waals surface area contributed by atoms with Gasteiger partial charge in [-0.2, -0.15) is 0 Å². The second kappa shape index (κ2) is 9.39. The summed E-state index contributed by atoms with van der Waals surface area (Å²) in [6, 6.07) is 4.07. The fourth-order valence-corrected chi connectivity index (χ4v) is 5.36. The molecule has 28 heavy (non-hydrogen) atoms. The van der Waals surface area contributed by atoms with Crippen molar-refractivity contribution in [3.63, 3.8) is 0 Å². The Kier molecular flexibility index (Phi) is 6.66. The van der Waals surface area contributed by atoms with E-state index < -0.39 is 0 Å². The van der Waals surface area contributed by atoms with Crippen LogP contribution in [-0.4, -0.2) is 81.7 Å². The standard InChI is InChI=1S/C19H27N5O2S2/c1-2-24-18(16-6-4-12-27-16)20-21-19(24)28-14-17(25)23-9-7-22(8-10-23)13-15-5-3-11-26-15/h4,6,12,15H,2-3,5,7-11,13-14H2,1H3/t15-/m1/s1. The van der Waals surface area contributed by atoms with Crippen molar-refractivity contribution in [1.82, 2.24) is 24.6 Å². The normalized spacial score (nSPS) is 20.8. The molecule has 7 nitrogen and oxygen atoms in total. The van der Waals surface area contributed by atoms with Gasteiger partial charge in [0.1, 0.15) is 0 Å². The quantitative estimate of drug-likeness (QED) is 0.640. The molecule has 0 saturated carbocycles. The summed E-state index contributed by atoms with van der Waals surface area (Å²) < 4.78 is 7.81. The zero-order chi connectivity index (χ0) is 19.3. The number of hydrogen-bond donors (Lipinski definition) is 0. The van der Waals surface area contributed by atoms with Crippen molar-refractivity contribution in [3.8, 4) is 10.7 Å². The first-order valence-electron chi connectivity index (χ1n) is 9.96. The number of nitrogens with zero attached hydrogens (tertiary/aromatic N) is 5. The second-order valence-corrected chi connectivity index (χ2v) is 9.02. The molecule has 1 amide bonds. The van der Waals surface area contributed by atoms with E-state index in [0.717, 1.165) is 61.7 Å². The first-order valence-corrected chi connectivity index (χ1v) is 11.8. The van der Waals surface area contributed by atoms with E-state index in [0.29, 0.717) is 11.9 Å². The van der Waals surface area contributed by atoms with Gasteiger partial charge >= 0.3 is 0 Å². The van der Waals surface area contributed by atoms with Crippen molar-refractivity contribution < 1.29 is 9.53 Å². The average molecular weight is 422 g/mol. The Hall–Kier alpha value is -1.42. The van der Waals surface area contributed by atoms with Gasteiger partial charge in [-0.05, 0) is 31.2 Å². The Labute approximate surface area is 174 Å². The van der Waals surface area contributed by atoms with E-state index in [1.54, 1.807) is 11.3 Å². The summed E-state index contributed by atoms with van der Waals surface area (Å²) >= 11 is 3.14. The van der Waals surface area contributed by atoms with Gasteiger partial charge in [0.05, 0.1) is 16.7 Å². The summed E-state index contributed by atoms with van der Waals surface area (Å²) in [4.78, 5) is 18.2. The number of piperazine rings is 1. The Morgan fingerprint density at radius 3 is 2.86 bits per heavy atom. The van der Waals surface area contributed by atoms with E-state index in [-0.39, 0.29) is 5.91 Å². The molecule has 2 aromatic rings. The minimum Gasteiger partial charge on any atom is -0.377 e. The number of carbonyl (C=O) groups is 1. The molecule has 152 valence electrons. The minimum absolute atomic E-state index is 0.185. The summed E-state index contributed by atoms with van der Waals surface area (Å²) in [7, 11) is 0. The molecule has 1 atom stereocenters. The van der Waals surface area contributed by atoms with Gasteiger partial charge in [0, 0.05) is 45.9 Å². The number of hydrogen-bond acceptors (Lipinski definition) is 7. The molecule has 2 aliphatic rings. The van der Waals surface area contributed by atoms with Crippen LogP contribution in [0.2, 0.25) is 0 Å². The smallest absolute Gasteiger partial charge is 0.233 e. The van der Waals surface area contributed by atoms with E-state index in [4.69, 9.17) is 4.74 Å². The molecule has 0 spiro atoms. The fourth-order valence-electron chi connectivity index (χ4n) is 3.74. The van der Waals surface area contributed by atoms with Gasteiger partial charge in [0.15, 0.2) is 11.0 Å². The van der Waals surface area contributed by atoms with E-state index in [2.05, 4.69) is 32.7 Å². The lowest BCUT2D eigenvalue weighted by Crippen LogP contribution is -2.50. The number of carbonyl (C=O) groups excluding carboxylic acids is 1. The third kappa shape index (κ3) is 4.59. The van der Waals surface area contributed by atoms with E-state index in [9.17, 15) is 4.79 Å². The zero-order valence-electron chi connectivity index (χ0n) is 16.2. The van der Waals surface area contributed by atoms with Crippen LogP contribution < -0.4 is 0 Å². The molecule has 0 radical (unpaired) electrons. The molecule has 2 aromatic heterocycles. The van der Waals surface area contributed by atoms with Crippen LogP contribution in [0.3, 0.4) is 0 Å². The van der Waals surface area contributed by atoms with Crippen molar-refractivity contribution in [2.45, 2.75) is 37.6 Å². The molecular weight excluding hydrogens is 394 g/mol. The number of rotatable bonds is 7. The van der Waals surface area contributed by atoms with Crippen molar-refractivity contribution in [1.29, 1.82) is 0 Å². The Morgan fingerprint density at radius 2 is 2.18 bits per heavy atom. The Balaban J connectivity index is 1.27. The van der Waals surface area contributed by atoms with E-state index in [1.807, 2.05) is 16.3 Å². The molecular formula is C19H27N5O2S2. The molecule has 0 aliphatic carbocycles. The van der Waals surface area contributed by atoms with Gasteiger partial charge in [-0.25, -0.2) is 0 Å². The summed E-state index contributed by atoms with van der Waals surface area (Å²) in [6.07, 6.45) is 2.73. The molecule has 0 bridgehead atoms. The molecule has 4 rings (SSSR count). The van der Waals surface area contributed by atoms with Crippen molar-refractivity contribution in [2.24, 2.45) is 0 Å². The predicted octanol–water partition coefficient (Wildman–Crippen LogP) is 2.44. The first-order chi connectivity index (χ1) is 13.7. The summed E-state index contributed by atoms with van der Waals surface area (Å²) in [5.74, 6) is 1.48. The highest BCUT2D eigenvalue weighted by Gasteiger charge is 2.25. The largest absolute Gasteiger partial charge is 0.377 e. The molecule has 2 aliphatic heterocycles. The van der Waals surface area contributed by atoms with Gasteiger partial charge in [0.2, 0.25) is 5.91 Å². The highest BCUT2D eigenvalue weighted by molar-refractivity contribution is 7.99. The molecule has 0 N–H and O–H groups in total. The van der Waals surface area contributed by atoms with Crippen molar-refractivity contribution in [3.05, 3.63) is 17.5 Å². The maximum atomic E-state index is 12.7. The molecule has 2 saturated heterocycles. The molecule has 9 heteroatoms. The lowest BCUT2D eigenvalue weighted by Gasteiger charge is -2.35. The van der Waals surface area contributed by atoms with Crippen molar-refractivity contribution in [2.75, 3.05) is 45.1 Å². The van der Waals surface area contributed by atoms with E-state index >= 15 is 0 Å². The lowest BCUT2D eigenvalue weighted by atomic mass is 10.2. The van der Waals surface area contributed by atoms with Crippen LogP contribution in [0, 0.1) is 0 Å². The van der Waals surface area contributed by atoms with Crippen LogP contribution >= 0.6 is 23.1 Å². The molecule has 0 unspecified atom stereocenters. The lowest BCUT2D eigenvalue weighted by molar-refractivity contribution is -0.130. The van der Waals surface area contributed by atoms with Gasteiger partial charge in [-0.1, -0.05) is 17.8 Å². The summed E-state index contributed by atoms with van der Waals surface area (Å²) in [5, 5.41) is 11.5. The number of thioether (sulfide) groups is 1. The highest BCUT2D eigenvalue weighted by atomic mass is 32.2. The number of thiophene rings is 1. The highest BCUT2D eigenvalue weighted by Crippen LogP contribution is 2.27. The summed E-state index contributed by atoms with van der Waals surface area (Å²) in [5.41, 5.74) is 0. The van der Waals surface area contributed by atoms with Gasteiger partial charge in [-0.15, -0.1) is 21.5 Å². The molecule has 4 heterocycles. The SMILES string of the molecule is CCn1c(SCC(=O)N2CCN(C[C@H]3CCCO3)CC2)nnc1-c1cccs1. The van der Waals surface area contributed by atoms with Crippen LogP contribution in [0.1, 0.15) is 19.8 Å². The van der Waals surface area contributed by atoms with Crippen LogP contribution in [0.4, 0.5) is 0 Å². The molecule has 2 fully saturated rings. The van der Waals surface area contributed by atoms with Crippen LogP contribution in [0.5, 0.6) is 0 Å². The fraction of sp³-hybridized carbons (Fsp3) is 0.632. The third-order valence-corrected chi connectivity index (χ3v) is 7.13. The minimum atomic E-state index is 0.185. The Morgan fingerprint density at radius 1 is 1.32 bits per heavy atom. The summed E-state index contributed by atoms with van der Waals surface area (Å²) in [6.45, 7) is 8.24. The second-order valence-electron chi connectivity index (χ2n) is 7.13. The molecule has 0 aromatic carbocycles. The number of ether oxygens (including phenoxy) is 1. The van der Waals surface area contributed by atoms with E-state index in [1.165, 1.54) is 24.6 Å². The van der Waals surface area contributed by atoms with Gasteiger partial charge in [-0.3, -0.25) is 9.69 Å². The van der Waals surface area contributed by atoms with Gasteiger partial charge < -0.3 is 14.2 Å².